The van der Waals surface area contributed by atoms with Gasteiger partial charge in [-0.1, -0.05) is 102 Å². The van der Waals surface area contributed by atoms with Crippen molar-refractivity contribution >= 4 is 62.3 Å². The van der Waals surface area contributed by atoms with Crippen molar-refractivity contribution in [1.82, 2.24) is 10.2 Å². The average Bonchev–Trinajstić information content (AvgIpc) is 3.03. The summed E-state index contributed by atoms with van der Waals surface area (Å²) in [7, 11) is -4.23. The predicted molar refractivity (Wildman–Crippen MR) is 181 cm³/mol. The summed E-state index contributed by atoms with van der Waals surface area (Å²) in [4.78, 5) is 29.8. The van der Waals surface area contributed by atoms with Crippen LogP contribution in [0.4, 0.5) is 5.69 Å². The molecule has 11 heteroatoms. The van der Waals surface area contributed by atoms with Crippen molar-refractivity contribution in [2.24, 2.45) is 0 Å². The van der Waals surface area contributed by atoms with Crippen LogP contribution in [-0.2, 0) is 32.6 Å². The molecule has 4 rings (SSSR count). The van der Waals surface area contributed by atoms with Crippen LogP contribution in [-0.4, -0.2) is 43.8 Å². The molecule has 0 saturated heterocycles. The molecule has 0 unspecified atom stereocenters. The molecule has 0 aliphatic heterocycles. The Labute approximate surface area is 279 Å². The maximum absolute atomic E-state index is 14.5. The van der Waals surface area contributed by atoms with Gasteiger partial charge < -0.3 is 10.2 Å². The molecule has 0 aromatic heterocycles. The zero-order valence-electron chi connectivity index (χ0n) is 24.9. The molecular weight excluding hydrogens is 653 g/mol. The lowest BCUT2D eigenvalue weighted by Gasteiger charge is -2.34. The van der Waals surface area contributed by atoms with Crippen LogP contribution in [0.25, 0.3) is 0 Å². The van der Waals surface area contributed by atoms with E-state index in [1.165, 1.54) is 23.1 Å². The molecule has 2 amide bonds. The largest absolute Gasteiger partial charge is 0.352 e. The van der Waals surface area contributed by atoms with Crippen molar-refractivity contribution in [1.29, 1.82) is 0 Å². The van der Waals surface area contributed by atoms with E-state index in [-0.39, 0.29) is 35.5 Å². The first-order valence-corrected chi connectivity index (χ1v) is 17.0. The minimum absolute atomic E-state index is 0.000389. The molecule has 0 aliphatic carbocycles. The second-order valence-electron chi connectivity index (χ2n) is 10.6. The van der Waals surface area contributed by atoms with E-state index in [0.717, 1.165) is 9.87 Å². The third-order valence-electron chi connectivity index (χ3n) is 7.33. The number of hydrogen-bond acceptors (Lipinski definition) is 4. The van der Waals surface area contributed by atoms with Gasteiger partial charge in [0.05, 0.1) is 10.6 Å². The summed E-state index contributed by atoms with van der Waals surface area (Å²) in [6.45, 7) is 3.15. The maximum atomic E-state index is 14.5. The molecule has 0 heterocycles. The summed E-state index contributed by atoms with van der Waals surface area (Å²) in [5.41, 5.74) is 1.57. The quantitative estimate of drug-likeness (QED) is 0.159. The van der Waals surface area contributed by atoms with Crippen molar-refractivity contribution in [2.75, 3.05) is 10.8 Å². The third-order valence-corrected chi connectivity index (χ3v) is 9.94. The number of benzene rings is 4. The van der Waals surface area contributed by atoms with Gasteiger partial charge in [-0.15, -0.1) is 0 Å². The zero-order chi connectivity index (χ0) is 32.6. The zero-order valence-corrected chi connectivity index (χ0v) is 28.0. The van der Waals surface area contributed by atoms with Crippen LogP contribution < -0.4 is 9.62 Å². The number of halogens is 3. The van der Waals surface area contributed by atoms with Crippen molar-refractivity contribution in [3.05, 3.63) is 129 Å². The SMILES string of the molecule is CC[C@@H](C)NC(=O)[C@@H](Cc1ccccc1)N(Cc1ccc(Cl)cc1Cl)C(=O)CN(c1cccc(Cl)c1)S(=O)(=O)c1ccccc1. The molecule has 2 atom stereocenters. The highest BCUT2D eigenvalue weighted by Crippen LogP contribution is 2.28. The normalized spacial score (nSPS) is 12.6. The first-order chi connectivity index (χ1) is 21.5. The van der Waals surface area contributed by atoms with Gasteiger partial charge >= 0.3 is 0 Å². The molecule has 0 aliphatic rings. The number of anilines is 1. The van der Waals surface area contributed by atoms with E-state index >= 15 is 0 Å². The van der Waals surface area contributed by atoms with E-state index in [2.05, 4.69) is 5.32 Å². The fraction of sp³-hybridized carbons (Fsp3) is 0.235. The van der Waals surface area contributed by atoms with Crippen LogP contribution in [0, 0.1) is 0 Å². The smallest absolute Gasteiger partial charge is 0.264 e. The lowest BCUT2D eigenvalue weighted by atomic mass is 10.0. The number of rotatable bonds is 13. The van der Waals surface area contributed by atoms with Gasteiger partial charge in [0, 0.05) is 34.1 Å². The monoisotopic (exact) mass is 685 g/mol. The van der Waals surface area contributed by atoms with Gasteiger partial charge in [-0.2, -0.15) is 0 Å². The highest BCUT2D eigenvalue weighted by atomic mass is 35.5. The maximum Gasteiger partial charge on any atom is 0.264 e. The van der Waals surface area contributed by atoms with Gasteiger partial charge in [-0.05, 0) is 66.9 Å². The van der Waals surface area contributed by atoms with Gasteiger partial charge in [-0.25, -0.2) is 8.42 Å². The summed E-state index contributed by atoms with van der Waals surface area (Å²) < 4.78 is 29.1. The molecule has 0 radical (unpaired) electrons. The van der Waals surface area contributed by atoms with Crippen LogP contribution in [0.5, 0.6) is 0 Å². The molecule has 0 saturated carbocycles. The molecule has 45 heavy (non-hydrogen) atoms. The van der Waals surface area contributed by atoms with Crippen LogP contribution in [0.3, 0.4) is 0 Å². The molecule has 0 spiro atoms. The Morgan fingerprint density at radius 1 is 0.822 bits per heavy atom. The highest BCUT2D eigenvalue weighted by molar-refractivity contribution is 7.92. The van der Waals surface area contributed by atoms with Crippen LogP contribution in [0.1, 0.15) is 31.4 Å². The average molecular weight is 687 g/mol. The van der Waals surface area contributed by atoms with Crippen LogP contribution in [0.15, 0.2) is 108 Å². The molecule has 236 valence electrons. The molecule has 0 fully saturated rings. The summed E-state index contributed by atoms with van der Waals surface area (Å²) in [6, 6.07) is 27.2. The molecule has 7 nitrogen and oxygen atoms in total. The lowest BCUT2D eigenvalue weighted by molar-refractivity contribution is -0.140. The number of nitrogens with zero attached hydrogens (tertiary/aromatic N) is 2. The summed E-state index contributed by atoms with van der Waals surface area (Å²) >= 11 is 19.0. The van der Waals surface area contributed by atoms with E-state index < -0.39 is 28.5 Å². The Bertz CT molecular complexity index is 1720. The Morgan fingerprint density at radius 2 is 1.47 bits per heavy atom. The van der Waals surface area contributed by atoms with Crippen LogP contribution in [0.2, 0.25) is 15.1 Å². The lowest BCUT2D eigenvalue weighted by Crippen LogP contribution is -2.54. The first-order valence-electron chi connectivity index (χ1n) is 14.4. The minimum Gasteiger partial charge on any atom is -0.352 e. The first kappa shape index (κ1) is 34.3. The Balaban J connectivity index is 1.82. The Kier molecular flexibility index (Phi) is 11.9. The van der Waals surface area contributed by atoms with E-state index in [9.17, 15) is 18.0 Å². The summed E-state index contributed by atoms with van der Waals surface area (Å²) in [6.07, 6.45) is 0.862. The molecule has 4 aromatic carbocycles. The van der Waals surface area contributed by atoms with Crippen molar-refractivity contribution in [3.63, 3.8) is 0 Å². The number of carbonyl (C=O) groups is 2. The van der Waals surface area contributed by atoms with E-state index in [1.807, 2.05) is 44.2 Å². The second kappa shape index (κ2) is 15.6. The van der Waals surface area contributed by atoms with Crippen molar-refractivity contribution in [3.8, 4) is 0 Å². The van der Waals surface area contributed by atoms with Crippen molar-refractivity contribution in [2.45, 2.75) is 50.2 Å². The van der Waals surface area contributed by atoms with E-state index in [4.69, 9.17) is 34.8 Å². The predicted octanol–water partition coefficient (Wildman–Crippen LogP) is 7.40. The van der Waals surface area contributed by atoms with E-state index in [0.29, 0.717) is 27.1 Å². The Morgan fingerprint density at radius 3 is 2.09 bits per heavy atom. The molecule has 1 N–H and O–H groups in total. The van der Waals surface area contributed by atoms with Gasteiger partial charge in [0.15, 0.2) is 0 Å². The highest BCUT2D eigenvalue weighted by Gasteiger charge is 2.35. The number of hydrogen-bond donors (Lipinski definition) is 1. The Hall–Kier alpha value is -3.56. The standard InChI is InChI=1S/C34H34Cl3N3O4S/c1-3-24(2)38-34(42)32(19-25-11-6-4-7-12-25)39(22-26-17-18-28(36)21-31(26)37)33(41)23-40(29-14-10-13-27(35)20-29)45(43,44)30-15-8-5-9-16-30/h4-18,20-21,24,32H,3,19,22-23H2,1-2H3,(H,38,42)/t24-,32-/m1/s1. The number of nitrogens with one attached hydrogen (secondary N) is 1. The topological polar surface area (TPSA) is 86.8 Å². The van der Waals surface area contributed by atoms with Crippen LogP contribution >= 0.6 is 34.8 Å². The molecular formula is C34H34Cl3N3O4S. The summed E-state index contributed by atoms with van der Waals surface area (Å²) in [5, 5.41) is 4.03. The molecule has 0 bridgehead atoms. The minimum atomic E-state index is -4.23. The van der Waals surface area contributed by atoms with Gasteiger partial charge in [0.2, 0.25) is 11.8 Å². The van der Waals surface area contributed by atoms with Gasteiger partial charge in [0.1, 0.15) is 12.6 Å². The fourth-order valence-corrected chi connectivity index (χ4v) is 6.79. The van der Waals surface area contributed by atoms with Gasteiger partial charge in [-0.3, -0.25) is 13.9 Å². The van der Waals surface area contributed by atoms with Gasteiger partial charge in [0.25, 0.3) is 10.0 Å². The summed E-state index contributed by atoms with van der Waals surface area (Å²) in [5.74, 6) is -0.979. The second-order valence-corrected chi connectivity index (χ2v) is 13.7. The number of carbonyl (C=O) groups excluding carboxylic acids is 2. The van der Waals surface area contributed by atoms with Crippen molar-refractivity contribution < 1.29 is 18.0 Å². The number of sulfonamides is 1. The molecule has 4 aromatic rings. The third kappa shape index (κ3) is 9.01. The van der Waals surface area contributed by atoms with E-state index in [1.54, 1.807) is 54.6 Å². The number of amides is 2. The fourth-order valence-electron chi connectivity index (χ4n) is 4.71.